The van der Waals surface area contributed by atoms with Crippen LogP contribution in [-0.2, 0) is 9.53 Å². The number of hydrogen-bond acceptors (Lipinski definition) is 3. The van der Waals surface area contributed by atoms with Gasteiger partial charge < -0.3 is 9.64 Å². The van der Waals surface area contributed by atoms with Crippen LogP contribution in [0.3, 0.4) is 0 Å². The third-order valence-corrected chi connectivity index (χ3v) is 3.01. The summed E-state index contributed by atoms with van der Waals surface area (Å²) in [5.41, 5.74) is 0. The lowest BCUT2D eigenvalue weighted by atomic mass is 10.1. The summed E-state index contributed by atoms with van der Waals surface area (Å²) in [4.78, 5) is 13.4. The van der Waals surface area contributed by atoms with Gasteiger partial charge in [0.05, 0.1) is 13.0 Å². The van der Waals surface area contributed by atoms with Gasteiger partial charge in [-0.15, -0.1) is 0 Å². The monoisotopic (exact) mass is 199 g/mol. The van der Waals surface area contributed by atoms with Crippen molar-refractivity contribution < 1.29 is 9.53 Å². The normalized spacial score (nSPS) is 27.5. The standard InChI is InChI=1S/C11H21NO2/c1-8-5-10(8)7-12(3)6-9(2)11(13)14-4/h8-10H,5-7H2,1-4H3. The molecule has 0 amide bonds. The molecule has 3 heteroatoms. The van der Waals surface area contributed by atoms with Crippen molar-refractivity contribution >= 4 is 5.97 Å². The average Bonchev–Trinajstić information content (AvgIpc) is 2.79. The molecule has 0 radical (unpaired) electrons. The van der Waals surface area contributed by atoms with Gasteiger partial charge in [-0.1, -0.05) is 13.8 Å². The molecule has 0 aromatic heterocycles. The number of nitrogens with zero attached hydrogens (tertiary/aromatic N) is 1. The van der Waals surface area contributed by atoms with E-state index in [9.17, 15) is 4.79 Å². The molecule has 0 spiro atoms. The molecule has 3 atom stereocenters. The Morgan fingerprint density at radius 3 is 2.64 bits per heavy atom. The molecule has 0 N–H and O–H groups in total. The van der Waals surface area contributed by atoms with E-state index in [4.69, 9.17) is 0 Å². The van der Waals surface area contributed by atoms with E-state index in [2.05, 4.69) is 23.6 Å². The molecule has 0 bridgehead atoms. The van der Waals surface area contributed by atoms with Crippen LogP contribution < -0.4 is 0 Å². The first-order valence-electron chi connectivity index (χ1n) is 5.31. The molecule has 3 nitrogen and oxygen atoms in total. The zero-order valence-electron chi connectivity index (χ0n) is 9.62. The minimum absolute atomic E-state index is 0.0148. The molecule has 0 aromatic rings. The molecule has 1 aliphatic rings. The van der Waals surface area contributed by atoms with Crippen molar-refractivity contribution in [2.75, 3.05) is 27.2 Å². The zero-order valence-corrected chi connectivity index (χ0v) is 9.62. The van der Waals surface area contributed by atoms with Crippen LogP contribution in [0.4, 0.5) is 0 Å². The van der Waals surface area contributed by atoms with Gasteiger partial charge in [0, 0.05) is 13.1 Å². The Labute approximate surface area is 86.4 Å². The molecule has 14 heavy (non-hydrogen) atoms. The lowest BCUT2D eigenvalue weighted by Crippen LogP contribution is -2.31. The number of hydrogen-bond donors (Lipinski definition) is 0. The van der Waals surface area contributed by atoms with Crippen LogP contribution in [0.15, 0.2) is 0 Å². The third kappa shape index (κ3) is 3.29. The van der Waals surface area contributed by atoms with Crippen LogP contribution in [0, 0.1) is 17.8 Å². The Hall–Kier alpha value is -0.570. The van der Waals surface area contributed by atoms with Gasteiger partial charge >= 0.3 is 5.97 Å². The molecule has 1 rings (SSSR count). The number of carbonyl (C=O) groups excluding carboxylic acids is 1. The number of esters is 1. The fourth-order valence-electron chi connectivity index (χ4n) is 1.87. The molecule has 0 aromatic carbocycles. The zero-order chi connectivity index (χ0) is 10.7. The second-order valence-electron chi connectivity index (χ2n) is 4.62. The molecule has 0 heterocycles. The number of methoxy groups -OCH3 is 1. The Kier molecular flexibility index (Phi) is 3.93. The SMILES string of the molecule is COC(=O)C(C)CN(C)CC1CC1C. The fourth-order valence-corrected chi connectivity index (χ4v) is 1.87. The maximum absolute atomic E-state index is 11.2. The summed E-state index contributed by atoms with van der Waals surface area (Å²) in [6.07, 6.45) is 1.34. The first-order valence-corrected chi connectivity index (χ1v) is 5.31. The van der Waals surface area contributed by atoms with Gasteiger partial charge in [-0.3, -0.25) is 4.79 Å². The molecule has 3 unspecified atom stereocenters. The van der Waals surface area contributed by atoms with Crippen LogP contribution >= 0.6 is 0 Å². The number of carbonyl (C=O) groups is 1. The summed E-state index contributed by atoms with van der Waals surface area (Å²) in [6.45, 7) is 6.11. The van der Waals surface area contributed by atoms with Gasteiger partial charge in [0.25, 0.3) is 0 Å². The summed E-state index contributed by atoms with van der Waals surface area (Å²) in [5, 5.41) is 0. The second-order valence-corrected chi connectivity index (χ2v) is 4.62. The largest absolute Gasteiger partial charge is 0.469 e. The predicted molar refractivity (Wildman–Crippen MR) is 55.9 cm³/mol. The minimum atomic E-state index is -0.110. The Morgan fingerprint density at radius 2 is 2.21 bits per heavy atom. The van der Waals surface area contributed by atoms with Gasteiger partial charge in [0.1, 0.15) is 0 Å². The number of rotatable bonds is 5. The molecule has 1 fully saturated rings. The number of ether oxygens (including phenoxy) is 1. The molecule has 82 valence electrons. The van der Waals surface area contributed by atoms with Gasteiger partial charge in [-0.2, -0.15) is 0 Å². The summed E-state index contributed by atoms with van der Waals surface area (Å²) >= 11 is 0. The van der Waals surface area contributed by atoms with Crippen LogP contribution in [0.2, 0.25) is 0 Å². The van der Waals surface area contributed by atoms with Crippen molar-refractivity contribution in [1.82, 2.24) is 4.90 Å². The van der Waals surface area contributed by atoms with Crippen LogP contribution in [0.1, 0.15) is 20.3 Å². The van der Waals surface area contributed by atoms with Crippen molar-refractivity contribution in [1.29, 1.82) is 0 Å². The van der Waals surface area contributed by atoms with Crippen LogP contribution in [0.5, 0.6) is 0 Å². The average molecular weight is 199 g/mol. The van der Waals surface area contributed by atoms with E-state index in [0.29, 0.717) is 0 Å². The smallest absolute Gasteiger partial charge is 0.309 e. The highest BCUT2D eigenvalue weighted by Crippen LogP contribution is 2.37. The van der Waals surface area contributed by atoms with Crippen LogP contribution in [0.25, 0.3) is 0 Å². The van der Waals surface area contributed by atoms with Crippen LogP contribution in [-0.4, -0.2) is 38.1 Å². The van der Waals surface area contributed by atoms with E-state index < -0.39 is 0 Å². The highest BCUT2D eigenvalue weighted by molar-refractivity contribution is 5.71. The highest BCUT2D eigenvalue weighted by Gasteiger charge is 2.33. The molecule has 1 aliphatic carbocycles. The highest BCUT2D eigenvalue weighted by atomic mass is 16.5. The maximum Gasteiger partial charge on any atom is 0.309 e. The Morgan fingerprint density at radius 1 is 1.64 bits per heavy atom. The van der Waals surface area contributed by atoms with E-state index in [-0.39, 0.29) is 11.9 Å². The fraction of sp³-hybridized carbons (Fsp3) is 0.909. The maximum atomic E-state index is 11.2. The Bertz CT molecular complexity index is 205. The lowest BCUT2D eigenvalue weighted by molar-refractivity contribution is -0.145. The second kappa shape index (κ2) is 4.78. The topological polar surface area (TPSA) is 29.5 Å². The Balaban J connectivity index is 2.18. The van der Waals surface area contributed by atoms with E-state index >= 15 is 0 Å². The minimum Gasteiger partial charge on any atom is -0.469 e. The molecular formula is C11H21NO2. The summed E-state index contributed by atoms with van der Waals surface area (Å²) in [5.74, 6) is 1.61. The summed E-state index contributed by atoms with van der Waals surface area (Å²) < 4.78 is 4.69. The van der Waals surface area contributed by atoms with Gasteiger partial charge in [-0.05, 0) is 25.3 Å². The van der Waals surface area contributed by atoms with Gasteiger partial charge in [0.15, 0.2) is 0 Å². The van der Waals surface area contributed by atoms with Crippen molar-refractivity contribution in [3.63, 3.8) is 0 Å². The van der Waals surface area contributed by atoms with Crippen molar-refractivity contribution in [3.05, 3.63) is 0 Å². The molecule has 0 saturated heterocycles. The van der Waals surface area contributed by atoms with E-state index in [1.165, 1.54) is 13.5 Å². The van der Waals surface area contributed by atoms with Crippen molar-refractivity contribution in [2.45, 2.75) is 20.3 Å². The first-order chi connectivity index (χ1) is 6.54. The summed E-state index contributed by atoms with van der Waals surface area (Å²) in [7, 11) is 3.52. The molecule has 1 saturated carbocycles. The molecular weight excluding hydrogens is 178 g/mol. The lowest BCUT2D eigenvalue weighted by Gasteiger charge is -2.19. The third-order valence-electron chi connectivity index (χ3n) is 3.01. The predicted octanol–water partition coefficient (Wildman–Crippen LogP) is 1.38. The molecule has 0 aliphatic heterocycles. The van der Waals surface area contributed by atoms with Crippen molar-refractivity contribution in [3.8, 4) is 0 Å². The summed E-state index contributed by atoms with van der Waals surface area (Å²) in [6, 6.07) is 0. The van der Waals surface area contributed by atoms with Crippen molar-refractivity contribution in [2.24, 2.45) is 17.8 Å². The first kappa shape index (κ1) is 11.5. The van der Waals surface area contributed by atoms with E-state index in [1.807, 2.05) is 6.92 Å². The van der Waals surface area contributed by atoms with Gasteiger partial charge in [0.2, 0.25) is 0 Å². The van der Waals surface area contributed by atoms with E-state index in [1.54, 1.807) is 0 Å². The van der Waals surface area contributed by atoms with Gasteiger partial charge in [-0.25, -0.2) is 0 Å². The van der Waals surface area contributed by atoms with E-state index in [0.717, 1.165) is 24.9 Å². The quantitative estimate of drug-likeness (QED) is 0.627.